The number of Topliss-reactive ketones (excluding diaryl/α,β-unsaturated/α-hetero) is 1. The fraction of sp³-hybridized carbons (Fsp3) is 0.600. The summed E-state index contributed by atoms with van der Waals surface area (Å²) in [5, 5.41) is 0. The number of carbonyl (C=O) groups is 1. The molecule has 0 aliphatic carbocycles. The Morgan fingerprint density at radius 1 is 1.75 bits per heavy atom. The van der Waals surface area contributed by atoms with E-state index >= 15 is 0 Å². The maximum Gasteiger partial charge on any atom is 0.416 e. The van der Waals surface area contributed by atoms with Gasteiger partial charge in [-0.2, -0.15) is 4.79 Å². The van der Waals surface area contributed by atoms with Gasteiger partial charge in [0, 0.05) is 13.8 Å². The van der Waals surface area contributed by atoms with Gasteiger partial charge in [0.15, 0.2) is 0 Å². The quantitative estimate of drug-likeness (QED) is 0.195. The Labute approximate surface area is 83.7 Å². The number of alkyl halides is 1. The highest BCUT2D eigenvalue weighted by atomic mass is 127. The van der Waals surface area contributed by atoms with E-state index in [4.69, 9.17) is 5.53 Å². The van der Waals surface area contributed by atoms with E-state index in [1.165, 1.54) is 13.8 Å². The van der Waals surface area contributed by atoms with Crippen molar-refractivity contribution in [3.63, 3.8) is 0 Å². The molecule has 0 rings (SSSR count). The molecule has 0 fully saturated rings. The van der Waals surface area contributed by atoms with Crippen LogP contribution in [0.2, 0.25) is 0 Å². The first-order valence-corrected chi connectivity index (χ1v) is 6.54. The number of hydrogen-bond donors (Lipinski definition) is 0. The molecule has 0 aromatic heterocycles. The lowest BCUT2D eigenvalue weighted by Crippen LogP contribution is -2.17. The largest absolute Gasteiger partial charge is 0.416 e. The third-order valence-electron chi connectivity index (χ3n) is 1.20. The predicted molar refractivity (Wildman–Crippen MR) is 53.1 cm³/mol. The summed E-state index contributed by atoms with van der Waals surface area (Å²) in [6.45, 7) is 1.23. The monoisotopic (exact) mass is 302 g/mol. The zero-order valence-corrected chi connectivity index (χ0v) is 9.70. The van der Waals surface area contributed by atoms with Gasteiger partial charge in [-0.05, 0) is 0 Å². The van der Waals surface area contributed by atoms with Gasteiger partial charge in [-0.3, -0.25) is 9.36 Å². The van der Waals surface area contributed by atoms with Crippen molar-refractivity contribution in [1.29, 1.82) is 0 Å². The second-order valence-electron chi connectivity index (χ2n) is 2.01. The third kappa shape index (κ3) is 2.79. The smallest absolute Gasteiger partial charge is 0.360 e. The third-order valence-corrected chi connectivity index (χ3v) is 3.70. The molecule has 0 heterocycles. The summed E-state index contributed by atoms with van der Waals surface area (Å²) in [4.78, 5) is 13.7. The van der Waals surface area contributed by atoms with Crippen molar-refractivity contribution in [3.8, 4) is 0 Å². The molecule has 7 heteroatoms. The summed E-state index contributed by atoms with van der Waals surface area (Å²) >= 11 is 1.79. The predicted octanol–water partition coefficient (Wildman–Crippen LogP) is 1.17. The topological polar surface area (TPSA) is 79.8 Å². The molecule has 0 aromatic carbocycles. The number of rotatable bonds is 4. The Kier molecular flexibility index (Phi) is 4.85. The van der Waals surface area contributed by atoms with Crippen LogP contribution in [-0.2, 0) is 13.9 Å². The van der Waals surface area contributed by atoms with E-state index in [-0.39, 0.29) is 9.88 Å². The zero-order valence-electron chi connectivity index (χ0n) is 6.65. The number of hydrogen-bond acceptors (Lipinski definition) is 3. The van der Waals surface area contributed by atoms with Gasteiger partial charge >= 0.3 is 12.8 Å². The van der Waals surface area contributed by atoms with Crippen molar-refractivity contribution < 1.29 is 18.7 Å². The van der Waals surface area contributed by atoms with Crippen LogP contribution in [-0.4, -0.2) is 34.2 Å². The Morgan fingerprint density at radius 3 is 2.50 bits per heavy atom. The summed E-state index contributed by atoms with van der Waals surface area (Å²) in [5.41, 5.74) is 8.02. The van der Waals surface area contributed by atoms with Crippen LogP contribution >= 0.6 is 30.0 Å². The molecule has 0 aliphatic rings. The lowest BCUT2D eigenvalue weighted by molar-refractivity contribution is -0.114. The Bertz CT molecular complexity index is 284. The summed E-state index contributed by atoms with van der Waals surface area (Å²) in [7, 11) is -2.01. The standard InChI is InChI=1S/C5H8IN2O3P/c1-11-12(2,10)5(8-7)4(9)3-6/h3H2,1-2H3. The van der Waals surface area contributed by atoms with Gasteiger partial charge in [0.2, 0.25) is 0 Å². The van der Waals surface area contributed by atoms with Crippen molar-refractivity contribution >= 4 is 41.2 Å². The van der Waals surface area contributed by atoms with Crippen molar-refractivity contribution in [1.82, 2.24) is 0 Å². The highest BCUT2D eigenvalue weighted by Crippen LogP contribution is 2.42. The van der Waals surface area contributed by atoms with Gasteiger partial charge in [-0.1, -0.05) is 22.6 Å². The van der Waals surface area contributed by atoms with E-state index in [2.05, 4.69) is 9.31 Å². The molecule has 5 nitrogen and oxygen atoms in total. The van der Waals surface area contributed by atoms with E-state index in [0.29, 0.717) is 0 Å². The molecule has 0 radical (unpaired) electrons. The van der Waals surface area contributed by atoms with Crippen LogP contribution in [0.3, 0.4) is 0 Å². The molecule has 0 bridgehead atoms. The van der Waals surface area contributed by atoms with Crippen LogP contribution in [0, 0.1) is 0 Å². The molecule has 0 aliphatic heterocycles. The second kappa shape index (κ2) is 4.87. The molecule has 68 valence electrons. The van der Waals surface area contributed by atoms with Crippen molar-refractivity contribution in [2.75, 3.05) is 18.2 Å². The van der Waals surface area contributed by atoms with E-state index in [0.717, 1.165) is 0 Å². The lowest BCUT2D eigenvalue weighted by Gasteiger charge is -2.02. The van der Waals surface area contributed by atoms with Crippen LogP contribution in [0.4, 0.5) is 0 Å². The zero-order chi connectivity index (χ0) is 9.78. The number of ketones is 1. The van der Waals surface area contributed by atoms with Crippen molar-refractivity contribution in [3.05, 3.63) is 5.53 Å². The normalized spacial score (nSPS) is 14.6. The minimum absolute atomic E-state index is 0.109. The SMILES string of the molecule is COP(C)(=O)C(=[N+]=[N-])C(=O)CI. The Hall–Kier alpha value is -0.0300. The molecule has 12 heavy (non-hydrogen) atoms. The van der Waals surface area contributed by atoms with E-state index < -0.39 is 13.2 Å². The summed E-state index contributed by atoms with van der Waals surface area (Å²) in [6, 6.07) is 0. The number of halogens is 1. The van der Waals surface area contributed by atoms with Gasteiger partial charge in [0.25, 0.3) is 5.78 Å². The molecule has 0 N–H and O–H groups in total. The Balaban J connectivity index is 4.97. The highest BCUT2D eigenvalue weighted by molar-refractivity contribution is 14.1. The van der Waals surface area contributed by atoms with Gasteiger partial charge in [-0.25, -0.2) is 0 Å². The van der Waals surface area contributed by atoms with Crippen LogP contribution in [0.1, 0.15) is 0 Å². The summed E-state index contributed by atoms with van der Waals surface area (Å²) in [5.74, 6) is -0.481. The lowest BCUT2D eigenvalue weighted by atomic mass is 10.5. The molecule has 0 aromatic rings. The van der Waals surface area contributed by atoms with Crippen LogP contribution < -0.4 is 0 Å². The first-order valence-electron chi connectivity index (χ1n) is 2.94. The molecular formula is C5H8IN2O3P. The highest BCUT2D eigenvalue weighted by Gasteiger charge is 2.37. The van der Waals surface area contributed by atoms with Gasteiger partial charge in [-0.15, -0.1) is 0 Å². The van der Waals surface area contributed by atoms with E-state index in [9.17, 15) is 9.36 Å². The summed E-state index contributed by atoms with van der Waals surface area (Å²) < 4.78 is 16.0. The molecule has 0 amide bonds. The fourth-order valence-corrected chi connectivity index (χ4v) is 2.04. The molecule has 1 unspecified atom stereocenters. The minimum atomic E-state index is -3.21. The number of carbonyl (C=O) groups excluding carboxylic acids is 1. The molecule has 0 spiro atoms. The van der Waals surface area contributed by atoms with Crippen LogP contribution in [0.5, 0.6) is 0 Å². The molecule has 0 saturated heterocycles. The maximum absolute atomic E-state index is 11.4. The first-order chi connectivity index (χ1) is 5.49. The van der Waals surface area contributed by atoms with Crippen molar-refractivity contribution in [2.24, 2.45) is 0 Å². The van der Waals surface area contributed by atoms with E-state index in [1.807, 2.05) is 0 Å². The second-order valence-corrected chi connectivity index (χ2v) is 5.25. The van der Waals surface area contributed by atoms with Crippen LogP contribution in [0.25, 0.3) is 5.53 Å². The molecule has 0 saturated carbocycles. The summed E-state index contributed by atoms with van der Waals surface area (Å²) in [6.07, 6.45) is 0. The van der Waals surface area contributed by atoms with Gasteiger partial charge in [0.1, 0.15) is 0 Å². The maximum atomic E-state index is 11.4. The molecule has 1 atom stereocenters. The fourth-order valence-electron chi connectivity index (χ4n) is 0.510. The minimum Gasteiger partial charge on any atom is -0.360 e. The number of nitrogens with zero attached hydrogens (tertiary/aromatic N) is 2. The molecular weight excluding hydrogens is 294 g/mol. The average Bonchev–Trinajstić information content (AvgIpc) is 2.05. The first kappa shape index (κ1) is 12.0. The average molecular weight is 302 g/mol. The van der Waals surface area contributed by atoms with Crippen molar-refractivity contribution in [2.45, 2.75) is 0 Å². The van der Waals surface area contributed by atoms with Gasteiger partial charge < -0.3 is 10.1 Å². The Morgan fingerprint density at radius 2 is 2.25 bits per heavy atom. The van der Waals surface area contributed by atoms with Gasteiger partial charge in [0.05, 0.1) is 4.43 Å². The van der Waals surface area contributed by atoms with Crippen LogP contribution in [0.15, 0.2) is 0 Å². The van der Waals surface area contributed by atoms with E-state index in [1.54, 1.807) is 22.6 Å².